The zero-order valence-corrected chi connectivity index (χ0v) is 20.6. The van der Waals surface area contributed by atoms with Gasteiger partial charge in [0.2, 0.25) is 0 Å². The van der Waals surface area contributed by atoms with Crippen molar-refractivity contribution in [2.24, 2.45) is 7.05 Å². The molecule has 0 unspecified atom stereocenters. The predicted molar refractivity (Wildman–Crippen MR) is 144 cm³/mol. The molecule has 0 spiro atoms. The Hall–Kier alpha value is -4.66. The van der Waals surface area contributed by atoms with Gasteiger partial charge in [-0.3, -0.25) is 4.79 Å². The molecule has 0 saturated heterocycles. The SMILES string of the molecule is C.COc1cccc([C@@H](Oc2ccc3c(cnn3-c3ccc(F)cc3)c2)[C@H](C)NC(=O)c2cn(C)cn2)c1. The van der Waals surface area contributed by atoms with Gasteiger partial charge in [-0.2, -0.15) is 5.10 Å². The van der Waals surface area contributed by atoms with E-state index in [9.17, 15) is 9.18 Å². The summed E-state index contributed by atoms with van der Waals surface area (Å²) in [6.07, 6.45) is 4.46. The lowest BCUT2D eigenvalue weighted by molar-refractivity contribution is 0.0877. The Kier molecular flexibility index (Phi) is 7.76. The average Bonchev–Trinajstić information content (AvgIpc) is 3.54. The average molecular weight is 516 g/mol. The summed E-state index contributed by atoms with van der Waals surface area (Å²) in [6, 6.07) is 19.0. The van der Waals surface area contributed by atoms with Gasteiger partial charge in [0, 0.05) is 18.6 Å². The zero-order chi connectivity index (χ0) is 25.9. The van der Waals surface area contributed by atoms with Crippen LogP contribution in [0.1, 0.15) is 36.5 Å². The Balaban J connectivity index is 0.00000336. The molecule has 8 nitrogen and oxygen atoms in total. The number of fused-ring (bicyclic) bond motifs is 1. The maximum Gasteiger partial charge on any atom is 0.271 e. The van der Waals surface area contributed by atoms with Crippen molar-refractivity contribution in [3.8, 4) is 17.2 Å². The van der Waals surface area contributed by atoms with Crippen LogP contribution in [-0.4, -0.2) is 38.4 Å². The number of ether oxygens (including phenoxy) is 2. The molecule has 0 radical (unpaired) electrons. The van der Waals surface area contributed by atoms with Gasteiger partial charge in [0.05, 0.1) is 36.9 Å². The Morgan fingerprint density at radius 2 is 1.84 bits per heavy atom. The summed E-state index contributed by atoms with van der Waals surface area (Å²) < 4.78 is 28.7. The van der Waals surface area contributed by atoms with E-state index in [0.29, 0.717) is 17.2 Å². The van der Waals surface area contributed by atoms with Crippen LogP contribution in [0.3, 0.4) is 0 Å². The minimum Gasteiger partial charge on any atom is -0.497 e. The largest absolute Gasteiger partial charge is 0.497 e. The maximum atomic E-state index is 13.4. The lowest BCUT2D eigenvalue weighted by atomic mass is 10.0. The molecule has 3 aromatic carbocycles. The van der Waals surface area contributed by atoms with E-state index in [4.69, 9.17) is 9.47 Å². The van der Waals surface area contributed by atoms with E-state index in [2.05, 4.69) is 15.4 Å². The van der Waals surface area contributed by atoms with Crippen molar-refractivity contribution in [3.63, 3.8) is 0 Å². The van der Waals surface area contributed by atoms with Crippen molar-refractivity contribution in [1.29, 1.82) is 0 Å². The first-order chi connectivity index (χ1) is 17.9. The molecule has 0 aliphatic carbocycles. The van der Waals surface area contributed by atoms with Crippen LogP contribution < -0.4 is 14.8 Å². The lowest BCUT2D eigenvalue weighted by Crippen LogP contribution is -2.39. The van der Waals surface area contributed by atoms with Crippen molar-refractivity contribution in [1.82, 2.24) is 24.6 Å². The topological polar surface area (TPSA) is 83.2 Å². The van der Waals surface area contributed by atoms with Crippen molar-refractivity contribution in [2.75, 3.05) is 7.11 Å². The van der Waals surface area contributed by atoms with Crippen LogP contribution in [0.2, 0.25) is 0 Å². The van der Waals surface area contributed by atoms with Gasteiger partial charge < -0.3 is 19.4 Å². The second-order valence-corrected chi connectivity index (χ2v) is 8.75. The van der Waals surface area contributed by atoms with Crippen LogP contribution in [0.5, 0.6) is 11.5 Å². The standard InChI is InChI=1S/C28H26FN5O3.CH4/c1-18(32-28(35)25-16-33(2)17-30-25)27(19-5-4-6-23(13-19)36-3)37-24-11-12-26-20(14-24)15-31-34(26)22-9-7-21(29)8-10-22;/h4-18,27H,1-3H3,(H,32,35);1H4/t18-,27-;/m0./s1. The van der Waals surface area contributed by atoms with E-state index >= 15 is 0 Å². The van der Waals surface area contributed by atoms with Crippen molar-refractivity contribution in [2.45, 2.75) is 26.5 Å². The Labute approximate surface area is 220 Å². The third kappa shape index (κ3) is 5.51. The summed E-state index contributed by atoms with van der Waals surface area (Å²) in [5.74, 6) is 0.702. The molecule has 1 amide bonds. The number of methoxy groups -OCH3 is 1. The number of halogens is 1. The van der Waals surface area contributed by atoms with Crippen LogP contribution >= 0.6 is 0 Å². The predicted octanol–water partition coefficient (Wildman–Crippen LogP) is 5.48. The molecule has 0 aliphatic rings. The maximum absolute atomic E-state index is 13.4. The number of nitrogens with one attached hydrogen (secondary N) is 1. The molecule has 0 fully saturated rings. The molecule has 5 aromatic rings. The van der Waals surface area contributed by atoms with Crippen molar-refractivity contribution < 1.29 is 18.7 Å². The number of carbonyl (C=O) groups excluding carboxylic acids is 1. The molecule has 5 rings (SSSR count). The number of nitrogens with zero attached hydrogens (tertiary/aromatic N) is 4. The molecule has 2 heterocycles. The van der Waals surface area contributed by atoms with Crippen LogP contribution in [0.4, 0.5) is 4.39 Å². The molecule has 38 heavy (non-hydrogen) atoms. The molecule has 0 bridgehead atoms. The zero-order valence-electron chi connectivity index (χ0n) is 20.6. The first kappa shape index (κ1) is 26.4. The first-order valence-corrected chi connectivity index (χ1v) is 11.7. The number of hydrogen-bond acceptors (Lipinski definition) is 5. The Bertz CT molecular complexity index is 1540. The third-order valence-electron chi connectivity index (χ3n) is 6.05. The minimum absolute atomic E-state index is 0. The fourth-order valence-corrected chi connectivity index (χ4v) is 4.18. The minimum atomic E-state index is -0.521. The van der Waals surface area contributed by atoms with Gasteiger partial charge in [-0.05, 0) is 67.1 Å². The quantitative estimate of drug-likeness (QED) is 0.296. The number of carbonyl (C=O) groups is 1. The van der Waals surface area contributed by atoms with Gasteiger partial charge in [0.1, 0.15) is 29.1 Å². The van der Waals surface area contributed by atoms with Crippen LogP contribution in [-0.2, 0) is 7.05 Å². The summed E-state index contributed by atoms with van der Waals surface area (Å²) in [5, 5.41) is 8.33. The molecule has 2 aromatic heterocycles. The lowest BCUT2D eigenvalue weighted by Gasteiger charge is -2.26. The summed E-state index contributed by atoms with van der Waals surface area (Å²) in [5.41, 5.74) is 2.78. The number of rotatable bonds is 8. The molecule has 0 aliphatic heterocycles. The van der Waals surface area contributed by atoms with E-state index in [-0.39, 0.29) is 19.2 Å². The first-order valence-electron chi connectivity index (χ1n) is 11.7. The summed E-state index contributed by atoms with van der Waals surface area (Å²) in [4.78, 5) is 16.9. The highest BCUT2D eigenvalue weighted by molar-refractivity contribution is 5.92. The van der Waals surface area contributed by atoms with Gasteiger partial charge in [0.25, 0.3) is 5.91 Å². The van der Waals surface area contributed by atoms with E-state index in [0.717, 1.165) is 22.2 Å². The molecule has 1 N–H and O–H groups in total. The number of amides is 1. The fourth-order valence-electron chi connectivity index (χ4n) is 4.18. The van der Waals surface area contributed by atoms with Gasteiger partial charge in [0.15, 0.2) is 0 Å². The number of benzene rings is 3. The van der Waals surface area contributed by atoms with E-state index in [1.165, 1.54) is 12.1 Å². The Morgan fingerprint density at radius 3 is 2.55 bits per heavy atom. The molecule has 2 atom stereocenters. The molecular formula is C29H30FN5O3. The molecular weight excluding hydrogens is 485 g/mol. The van der Waals surface area contributed by atoms with Crippen LogP contribution in [0.15, 0.2) is 85.5 Å². The van der Waals surface area contributed by atoms with Gasteiger partial charge in [-0.15, -0.1) is 0 Å². The normalized spacial score (nSPS) is 12.4. The highest BCUT2D eigenvalue weighted by atomic mass is 19.1. The second-order valence-electron chi connectivity index (χ2n) is 8.75. The van der Waals surface area contributed by atoms with Crippen LogP contribution in [0.25, 0.3) is 16.6 Å². The summed E-state index contributed by atoms with van der Waals surface area (Å²) >= 11 is 0. The molecule has 196 valence electrons. The molecule has 9 heteroatoms. The highest BCUT2D eigenvalue weighted by Gasteiger charge is 2.25. The van der Waals surface area contributed by atoms with Gasteiger partial charge in [-0.1, -0.05) is 19.6 Å². The number of aryl methyl sites for hydroxylation is 1. The third-order valence-corrected chi connectivity index (χ3v) is 6.05. The van der Waals surface area contributed by atoms with Gasteiger partial charge >= 0.3 is 0 Å². The highest BCUT2D eigenvalue weighted by Crippen LogP contribution is 2.30. The van der Waals surface area contributed by atoms with Gasteiger partial charge in [-0.25, -0.2) is 14.1 Å². The van der Waals surface area contributed by atoms with E-state index in [1.54, 1.807) is 47.2 Å². The second kappa shape index (κ2) is 11.2. The fraction of sp³-hybridized carbons (Fsp3) is 0.207. The summed E-state index contributed by atoms with van der Waals surface area (Å²) in [7, 11) is 3.41. The van der Waals surface area contributed by atoms with E-state index in [1.807, 2.05) is 56.4 Å². The summed E-state index contributed by atoms with van der Waals surface area (Å²) in [6.45, 7) is 1.88. The number of hydrogen-bond donors (Lipinski definition) is 1. The van der Waals surface area contributed by atoms with E-state index < -0.39 is 12.1 Å². The number of aromatic nitrogens is 4. The van der Waals surface area contributed by atoms with Crippen molar-refractivity contribution in [3.05, 3.63) is 103 Å². The number of imidazole rings is 1. The Morgan fingerprint density at radius 1 is 1.05 bits per heavy atom. The smallest absolute Gasteiger partial charge is 0.271 e. The molecule has 0 saturated carbocycles. The monoisotopic (exact) mass is 515 g/mol. The van der Waals surface area contributed by atoms with Crippen molar-refractivity contribution >= 4 is 16.8 Å². The van der Waals surface area contributed by atoms with Crippen LogP contribution in [0, 0.1) is 5.82 Å².